The molecule has 0 aliphatic carbocycles. The SMILES string of the molecule is CCN(CC)c1nc(-c2c[nH]c3ncc(-c4cc(Cl)cc(Cl)c4)cc23)cs1. The van der Waals surface area contributed by atoms with Gasteiger partial charge in [0.25, 0.3) is 0 Å². The van der Waals surface area contributed by atoms with Crippen molar-refractivity contribution in [2.45, 2.75) is 13.8 Å². The lowest BCUT2D eigenvalue weighted by Crippen LogP contribution is -2.21. The summed E-state index contributed by atoms with van der Waals surface area (Å²) in [5.74, 6) is 0. The number of rotatable bonds is 5. The smallest absolute Gasteiger partial charge is 0.185 e. The lowest BCUT2D eigenvalue weighted by Gasteiger charge is -2.16. The second-order valence-corrected chi connectivity index (χ2v) is 7.88. The zero-order chi connectivity index (χ0) is 19.0. The van der Waals surface area contributed by atoms with Crippen LogP contribution in [0.3, 0.4) is 0 Å². The maximum absolute atomic E-state index is 6.16. The Bertz CT molecular complexity index is 1080. The predicted molar refractivity (Wildman–Crippen MR) is 116 cm³/mol. The van der Waals surface area contributed by atoms with Crippen molar-refractivity contribution < 1.29 is 0 Å². The third-order valence-corrected chi connectivity index (χ3v) is 5.87. The van der Waals surface area contributed by atoms with Gasteiger partial charge in [0.2, 0.25) is 0 Å². The second-order valence-electron chi connectivity index (χ2n) is 6.17. The van der Waals surface area contributed by atoms with Crippen LogP contribution < -0.4 is 4.90 Å². The van der Waals surface area contributed by atoms with Gasteiger partial charge in [-0.2, -0.15) is 0 Å². The molecule has 0 unspecified atom stereocenters. The van der Waals surface area contributed by atoms with Crippen molar-refractivity contribution in [3.8, 4) is 22.4 Å². The number of aromatic nitrogens is 3. The summed E-state index contributed by atoms with van der Waals surface area (Å²) in [4.78, 5) is 14.9. The van der Waals surface area contributed by atoms with Gasteiger partial charge in [-0.05, 0) is 43.7 Å². The van der Waals surface area contributed by atoms with E-state index in [9.17, 15) is 0 Å². The van der Waals surface area contributed by atoms with Crippen LogP contribution in [-0.4, -0.2) is 28.0 Å². The average Bonchev–Trinajstić information content (AvgIpc) is 3.28. The molecule has 27 heavy (non-hydrogen) atoms. The van der Waals surface area contributed by atoms with E-state index in [0.717, 1.165) is 51.6 Å². The molecular formula is C20H18Cl2N4S. The first-order valence-corrected chi connectivity index (χ1v) is 10.4. The first-order valence-electron chi connectivity index (χ1n) is 8.73. The Balaban J connectivity index is 1.79. The molecule has 1 N–H and O–H groups in total. The van der Waals surface area contributed by atoms with E-state index in [1.165, 1.54) is 0 Å². The number of thiazole rings is 1. The van der Waals surface area contributed by atoms with E-state index in [2.05, 4.69) is 40.2 Å². The van der Waals surface area contributed by atoms with Gasteiger partial charge in [-0.3, -0.25) is 0 Å². The summed E-state index contributed by atoms with van der Waals surface area (Å²) in [6, 6.07) is 7.62. The van der Waals surface area contributed by atoms with Gasteiger partial charge >= 0.3 is 0 Å². The van der Waals surface area contributed by atoms with Gasteiger partial charge in [-0.1, -0.05) is 23.2 Å². The Labute approximate surface area is 171 Å². The monoisotopic (exact) mass is 416 g/mol. The fourth-order valence-electron chi connectivity index (χ4n) is 3.12. The van der Waals surface area contributed by atoms with Crippen molar-refractivity contribution in [1.29, 1.82) is 0 Å². The number of nitrogens with zero attached hydrogens (tertiary/aromatic N) is 3. The summed E-state index contributed by atoms with van der Waals surface area (Å²) in [5, 5.41) is 5.37. The van der Waals surface area contributed by atoms with Crippen LogP contribution in [0.4, 0.5) is 5.13 Å². The van der Waals surface area contributed by atoms with Crippen molar-refractivity contribution in [1.82, 2.24) is 15.0 Å². The highest BCUT2D eigenvalue weighted by Crippen LogP contribution is 2.34. The third kappa shape index (κ3) is 3.55. The van der Waals surface area contributed by atoms with Crippen LogP contribution in [0.5, 0.6) is 0 Å². The zero-order valence-electron chi connectivity index (χ0n) is 15.0. The van der Waals surface area contributed by atoms with Gasteiger partial charge < -0.3 is 9.88 Å². The number of fused-ring (bicyclic) bond motifs is 1. The Morgan fingerprint density at radius 3 is 2.48 bits per heavy atom. The van der Waals surface area contributed by atoms with Gasteiger partial charge in [0.05, 0.1) is 5.69 Å². The van der Waals surface area contributed by atoms with Crippen LogP contribution in [-0.2, 0) is 0 Å². The largest absolute Gasteiger partial charge is 0.349 e. The predicted octanol–water partition coefficient (Wildman–Crippen LogP) is 6.51. The van der Waals surface area contributed by atoms with Gasteiger partial charge in [-0.25, -0.2) is 9.97 Å². The molecule has 0 spiro atoms. The third-order valence-electron chi connectivity index (χ3n) is 4.53. The molecule has 0 aliphatic rings. The minimum Gasteiger partial charge on any atom is -0.349 e. The molecule has 0 bridgehead atoms. The fourth-order valence-corrected chi connectivity index (χ4v) is 4.60. The van der Waals surface area contributed by atoms with Gasteiger partial charge in [0.15, 0.2) is 5.13 Å². The lowest BCUT2D eigenvalue weighted by atomic mass is 10.1. The number of halogens is 2. The number of anilines is 1. The number of nitrogens with one attached hydrogen (secondary N) is 1. The van der Waals surface area contributed by atoms with Gasteiger partial charge in [-0.15, -0.1) is 11.3 Å². The molecule has 0 atom stereocenters. The Hall–Kier alpha value is -2.08. The summed E-state index contributed by atoms with van der Waals surface area (Å²) < 4.78 is 0. The Morgan fingerprint density at radius 2 is 1.78 bits per heavy atom. The Kier molecular flexibility index (Phi) is 5.08. The van der Waals surface area contributed by atoms with E-state index < -0.39 is 0 Å². The van der Waals surface area contributed by atoms with Crippen molar-refractivity contribution in [2.75, 3.05) is 18.0 Å². The van der Waals surface area contributed by atoms with Crippen LogP contribution in [0.1, 0.15) is 13.8 Å². The number of benzene rings is 1. The molecule has 0 saturated heterocycles. The highest BCUT2D eigenvalue weighted by atomic mass is 35.5. The molecular weight excluding hydrogens is 399 g/mol. The molecule has 4 aromatic rings. The van der Waals surface area contributed by atoms with Crippen LogP contribution in [0, 0.1) is 0 Å². The van der Waals surface area contributed by atoms with Crippen LogP contribution in [0.2, 0.25) is 10.0 Å². The molecule has 1 aromatic carbocycles. The minimum absolute atomic E-state index is 0.607. The van der Waals surface area contributed by atoms with E-state index in [0.29, 0.717) is 10.0 Å². The topological polar surface area (TPSA) is 44.8 Å². The number of H-pyrrole nitrogens is 1. The maximum Gasteiger partial charge on any atom is 0.185 e. The highest BCUT2D eigenvalue weighted by molar-refractivity contribution is 7.14. The molecule has 0 saturated carbocycles. The minimum atomic E-state index is 0.607. The standard InChI is InChI=1S/C20H18Cl2N4S/c1-3-26(4-2)20-25-18(11-27-20)17-10-24-19-16(17)7-13(9-23-19)12-5-14(21)8-15(22)6-12/h5-11H,3-4H2,1-2H3,(H,23,24). The zero-order valence-corrected chi connectivity index (χ0v) is 17.3. The van der Waals surface area contributed by atoms with E-state index in [4.69, 9.17) is 28.2 Å². The lowest BCUT2D eigenvalue weighted by molar-refractivity contribution is 0.860. The van der Waals surface area contributed by atoms with Crippen molar-refractivity contribution >= 4 is 50.7 Å². The fraction of sp³-hybridized carbons (Fsp3) is 0.200. The number of hydrogen-bond acceptors (Lipinski definition) is 4. The summed E-state index contributed by atoms with van der Waals surface area (Å²) in [7, 11) is 0. The molecule has 3 aromatic heterocycles. The Morgan fingerprint density at radius 1 is 1.04 bits per heavy atom. The van der Waals surface area contributed by atoms with E-state index in [-0.39, 0.29) is 0 Å². The quantitative estimate of drug-likeness (QED) is 0.403. The number of pyridine rings is 1. The van der Waals surface area contributed by atoms with Crippen LogP contribution >= 0.6 is 34.5 Å². The molecule has 0 aliphatic heterocycles. The molecule has 3 heterocycles. The number of hydrogen-bond donors (Lipinski definition) is 1. The first-order chi connectivity index (χ1) is 13.1. The second kappa shape index (κ2) is 7.50. The average molecular weight is 417 g/mol. The van der Waals surface area contributed by atoms with E-state index in [1.54, 1.807) is 17.4 Å². The molecule has 0 radical (unpaired) electrons. The number of aromatic amines is 1. The van der Waals surface area contributed by atoms with Crippen molar-refractivity contribution in [3.05, 3.63) is 52.1 Å². The summed E-state index contributed by atoms with van der Waals surface area (Å²) in [6.45, 7) is 6.17. The van der Waals surface area contributed by atoms with E-state index >= 15 is 0 Å². The summed E-state index contributed by atoms with van der Waals surface area (Å²) in [6.07, 6.45) is 3.79. The molecule has 0 fully saturated rings. The van der Waals surface area contributed by atoms with Gasteiger partial charge in [0, 0.05) is 57.4 Å². The highest BCUT2D eigenvalue weighted by Gasteiger charge is 2.14. The maximum atomic E-state index is 6.16. The van der Waals surface area contributed by atoms with Crippen LogP contribution in [0.25, 0.3) is 33.4 Å². The summed E-state index contributed by atoms with van der Waals surface area (Å²) in [5.41, 5.74) is 4.74. The van der Waals surface area contributed by atoms with Crippen LogP contribution in [0.15, 0.2) is 42.0 Å². The van der Waals surface area contributed by atoms with Crippen molar-refractivity contribution in [2.24, 2.45) is 0 Å². The molecule has 0 amide bonds. The molecule has 4 rings (SSSR count). The van der Waals surface area contributed by atoms with E-state index in [1.807, 2.05) is 24.5 Å². The van der Waals surface area contributed by atoms with Gasteiger partial charge in [0.1, 0.15) is 5.65 Å². The molecule has 7 heteroatoms. The molecule has 138 valence electrons. The van der Waals surface area contributed by atoms with Crippen molar-refractivity contribution in [3.63, 3.8) is 0 Å². The summed E-state index contributed by atoms with van der Waals surface area (Å²) >= 11 is 14.0. The first kappa shape index (κ1) is 18.3. The normalized spacial score (nSPS) is 11.3. The molecule has 4 nitrogen and oxygen atoms in total.